The van der Waals surface area contributed by atoms with Gasteiger partial charge in [0.05, 0.1) is 12.3 Å². The molecule has 0 aromatic heterocycles. The predicted octanol–water partition coefficient (Wildman–Crippen LogP) is 5.53. The Hall–Kier alpha value is 0.110. The van der Waals surface area contributed by atoms with Crippen molar-refractivity contribution >= 4 is 7.60 Å². The molecule has 0 saturated carbocycles. The van der Waals surface area contributed by atoms with Gasteiger partial charge in [0.25, 0.3) is 0 Å². The molecule has 1 atom stereocenters. The summed E-state index contributed by atoms with van der Waals surface area (Å²) in [7, 11) is -3.40. The molecule has 134 valence electrons. The van der Waals surface area contributed by atoms with Gasteiger partial charge in [0.15, 0.2) is 0 Å². The van der Waals surface area contributed by atoms with E-state index in [2.05, 4.69) is 6.92 Å². The minimum Gasteiger partial charge on any atom is -0.381 e. The number of ether oxygens (including phenoxy) is 1. The van der Waals surface area contributed by atoms with Crippen LogP contribution in [0.3, 0.4) is 0 Å². The highest BCUT2D eigenvalue weighted by Gasteiger charge is 2.23. The molecule has 0 aliphatic rings. The number of hydrogen-bond acceptors (Lipinski definition) is 3. The highest BCUT2D eigenvalue weighted by atomic mass is 31.2. The molecule has 0 aliphatic heterocycles. The topological polar surface area (TPSA) is 55.8 Å². The van der Waals surface area contributed by atoms with Crippen LogP contribution in [-0.4, -0.2) is 30.4 Å². The minimum atomic E-state index is -3.40. The lowest BCUT2D eigenvalue weighted by atomic mass is 10.1. The lowest BCUT2D eigenvalue weighted by Gasteiger charge is -2.15. The molecule has 0 radical (unpaired) electrons. The Labute approximate surface area is 137 Å². The standard InChI is InChI=1S/C17H37O4P/c1-4-5-6-7-8-9-10-11-12-14-20-15-13-16-21-22(18,19)17(2)3/h17H,4-16H2,1-3H3,(H,18,19). The summed E-state index contributed by atoms with van der Waals surface area (Å²) >= 11 is 0. The first-order chi connectivity index (χ1) is 10.5. The van der Waals surface area contributed by atoms with Crippen molar-refractivity contribution in [3.63, 3.8) is 0 Å². The van der Waals surface area contributed by atoms with Gasteiger partial charge in [-0.3, -0.25) is 4.57 Å². The maximum atomic E-state index is 11.5. The Balaban J connectivity index is 3.16. The fraction of sp³-hybridized carbons (Fsp3) is 1.00. The van der Waals surface area contributed by atoms with Gasteiger partial charge in [-0.15, -0.1) is 0 Å². The summed E-state index contributed by atoms with van der Waals surface area (Å²) in [6, 6.07) is 0. The van der Waals surface area contributed by atoms with Gasteiger partial charge in [-0.25, -0.2) is 0 Å². The second-order valence-electron chi connectivity index (χ2n) is 6.29. The van der Waals surface area contributed by atoms with Crippen LogP contribution in [0.15, 0.2) is 0 Å². The first-order valence-electron chi connectivity index (χ1n) is 9.05. The van der Waals surface area contributed by atoms with Crippen LogP contribution in [0.4, 0.5) is 0 Å². The molecule has 0 rings (SSSR count). The van der Waals surface area contributed by atoms with E-state index < -0.39 is 7.60 Å². The van der Waals surface area contributed by atoms with Gasteiger partial charge in [0, 0.05) is 13.2 Å². The fourth-order valence-corrected chi connectivity index (χ4v) is 2.81. The Kier molecular flexibility index (Phi) is 14.8. The van der Waals surface area contributed by atoms with E-state index in [4.69, 9.17) is 9.26 Å². The summed E-state index contributed by atoms with van der Waals surface area (Å²) in [6.07, 6.45) is 12.5. The van der Waals surface area contributed by atoms with Crippen molar-refractivity contribution in [2.24, 2.45) is 0 Å². The van der Waals surface area contributed by atoms with Gasteiger partial charge in [-0.1, -0.05) is 72.1 Å². The average Bonchev–Trinajstić information content (AvgIpc) is 2.47. The third-order valence-electron chi connectivity index (χ3n) is 3.75. The maximum Gasteiger partial charge on any atom is 0.330 e. The van der Waals surface area contributed by atoms with Crippen molar-refractivity contribution in [3.8, 4) is 0 Å². The van der Waals surface area contributed by atoms with Crippen LogP contribution in [0, 0.1) is 0 Å². The molecule has 1 unspecified atom stereocenters. The summed E-state index contributed by atoms with van der Waals surface area (Å²) in [5.41, 5.74) is -0.338. The van der Waals surface area contributed by atoms with Crippen LogP contribution in [0.1, 0.15) is 85.0 Å². The Morgan fingerprint density at radius 2 is 1.32 bits per heavy atom. The normalized spacial score (nSPS) is 14.4. The molecule has 0 fully saturated rings. The van der Waals surface area contributed by atoms with E-state index in [0.717, 1.165) is 13.0 Å². The summed E-state index contributed by atoms with van der Waals surface area (Å²) < 4.78 is 22.1. The molecule has 0 bridgehead atoms. The fourth-order valence-electron chi connectivity index (χ4n) is 2.12. The minimum absolute atomic E-state index is 0.295. The lowest BCUT2D eigenvalue weighted by Crippen LogP contribution is -2.05. The SMILES string of the molecule is CCCCCCCCCCCOCCCOP(=O)(O)C(C)C. The first kappa shape index (κ1) is 22.1. The highest BCUT2D eigenvalue weighted by molar-refractivity contribution is 7.53. The van der Waals surface area contributed by atoms with Crippen molar-refractivity contribution in [2.75, 3.05) is 19.8 Å². The van der Waals surface area contributed by atoms with E-state index in [0.29, 0.717) is 19.6 Å². The summed E-state index contributed by atoms with van der Waals surface area (Å²) in [6.45, 7) is 7.33. The van der Waals surface area contributed by atoms with Crippen LogP contribution in [0.25, 0.3) is 0 Å². The van der Waals surface area contributed by atoms with Gasteiger partial charge in [-0.05, 0) is 12.8 Å². The average molecular weight is 336 g/mol. The third-order valence-corrected chi connectivity index (χ3v) is 5.61. The molecule has 0 heterocycles. The summed E-state index contributed by atoms with van der Waals surface area (Å²) in [5, 5.41) is 0. The number of unbranched alkanes of at least 4 members (excludes halogenated alkanes) is 8. The summed E-state index contributed by atoms with van der Waals surface area (Å²) in [5.74, 6) is 0. The predicted molar refractivity (Wildman–Crippen MR) is 93.6 cm³/mol. The molecule has 0 spiro atoms. The second kappa shape index (κ2) is 14.7. The van der Waals surface area contributed by atoms with E-state index in [-0.39, 0.29) is 5.66 Å². The molecule has 22 heavy (non-hydrogen) atoms. The lowest BCUT2D eigenvalue weighted by molar-refractivity contribution is 0.113. The molecule has 5 heteroatoms. The molecule has 0 aromatic carbocycles. The maximum absolute atomic E-state index is 11.5. The van der Waals surface area contributed by atoms with Gasteiger partial charge >= 0.3 is 7.60 Å². The van der Waals surface area contributed by atoms with Crippen molar-refractivity contribution in [1.29, 1.82) is 0 Å². The Morgan fingerprint density at radius 3 is 1.86 bits per heavy atom. The van der Waals surface area contributed by atoms with Crippen LogP contribution < -0.4 is 0 Å². The quantitative estimate of drug-likeness (QED) is 0.297. The molecule has 1 N–H and O–H groups in total. The molecular formula is C17H37O4P. The number of rotatable bonds is 16. The van der Waals surface area contributed by atoms with E-state index in [1.54, 1.807) is 13.8 Å². The van der Waals surface area contributed by atoms with Crippen LogP contribution >= 0.6 is 7.60 Å². The summed E-state index contributed by atoms with van der Waals surface area (Å²) in [4.78, 5) is 9.48. The highest BCUT2D eigenvalue weighted by Crippen LogP contribution is 2.46. The van der Waals surface area contributed by atoms with Gasteiger partial charge in [-0.2, -0.15) is 0 Å². The molecular weight excluding hydrogens is 299 g/mol. The third kappa shape index (κ3) is 13.8. The van der Waals surface area contributed by atoms with E-state index >= 15 is 0 Å². The zero-order chi connectivity index (χ0) is 16.7. The first-order valence-corrected chi connectivity index (χ1v) is 10.7. The molecule has 4 nitrogen and oxygen atoms in total. The van der Waals surface area contributed by atoms with E-state index in [9.17, 15) is 9.46 Å². The van der Waals surface area contributed by atoms with Gasteiger partial charge < -0.3 is 14.2 Å². The molecule has 0 saturated heterocycles. The zero-order valence-corrected chi connectivity index (χ0v) is 15.8. The van der Waals surface area contributed by atoms with Gasteiger partial charge in [0.2, 0.25) is 0 Å². The Morgan fingerprint density at radius 1 is 0.818 bits per heavy atom. The molecule has 0 aromatic rings. The Bertz CT molecular complexity index is 282. The van der Waals surface area contributed by atoms with Crippen LogP contribution in [0.2, 0.25) is 0 Å². The molecule has 0 amide bonds. The van der Waals surface area contributed by atoms with Crippen LogP contribution in [-0.2, 0) is 13.8 Å². The van der Waals surface area contributed by atoms with E-state index in [1.807, 2.05) is 0 Å². The van der Waals surface area contributed by atoms with Crippen molar-refractivity contribution in [2.45, 2.75) is 90.6 Å². The van der Waals surface area contributed by atoms with Crippen molar-refractivity contribution in [3.05, 3.63) is 0 Å². The second-order valence-corrected chi connectivity index (χ2v) is 8.70. The van der Waals surface area contributed by atoms with E-state index in [1.165, 1.54) is 51.4 Å². The zero-order valence-electron chi connectivity index (χ0n) is 14.9. The van der Waals surface area contributed by atoms with Crippen molar-refractivity contribution < 1.29 is 18.7 Å². The monoisotopic (exact) mass is 336 g/mol. The molecule has 0 aliphatic carbocycles. The van der Waals surface area contributed by atoms with Gasteiger partial charge in [0.1, 0.15) is 0 Å². The number of hydrogen-bond donors (Lipinski definition) is 1. The van der Waals surface area contributed by atoms with Crippen molar-refractivity contribution in [1.82, 2.24) is 0 Å². The smallest absolute Gasteiger partial charge is 0.330 e. The van der Waals surface area contributed by atoms with Crippen LogP contribution in [0.5, 0.6) is 0 Å². The largest absolute Gasteiger partial charge is 0.381 e.